The molecule has 1 saturated heterocycles. The van der Waals surface area contributed by atoms with Crippen molar-refractivity contribution in [1.82, 2.24) is 4.90 Å². The van der Waals surface area contributed by atoms with Crippen LogP contribution in [0.25, 0.3) is 0 Å². The number of unbranched alkanes of at least 4 members (excludes halogenated alkanes) is 3. The summed E-state index contributed by atoms with van der Waals surface area (Å²) in [6.07, 6.45) is 5.80. The Kier molecular flexibility index (Phi) is 3.57. The van der Waals surface area contributed by atoms with Crippen LogP contribution in [0.1, 0.15) is 46.0 Å². The normalized spacial score (nSPS) is 22.7. The second-order valence-electron chi connectivity index (χ2n) is 3.70. The fourth-order valence-corrected chi connectivity index (χ4v) is 1.67. The van der Waals surface area contributed by atoms with Crippen LogP contribution in [0.4, 0.5) is 0 Å². The third-order valence-electron chi connectivity index (χ3n) is 2.58. The molecular weight excluding hydrogens is 150 g/mol. The summed E-state index contributed by atoms with van der Waals surface area (Å²) in [7, 11) is 0. The molecule has 1 amide bonds. The maximum Gasteiger partial charge on any atom is 0.224 e. The van der Waals surface area contributed by atoms with Gasteiger partial charge in [-0.05, 0) is 13.3 Å². The Bertz CT molecular complexity index is 156. The molecule has 1 heterocycles. The van der Waals surface area contributed by atoms with Crippen LogP contribution in [0.5, 0.6) is 0 Å². The molecule has 1 aliphatic heterocycles. The first-order valence-corrected chi connectivity index (χ1v) is 5.05. The molecule has 70 valence electrons. The van der Waals surface area contributed by atoms with Gasteiger partial charge in [-0.25, -0.2) is 0 Å². The Morgan fingerprint density at radius 2 is 2.17 bits per heavy atom. The number of nitrogens with zero attached hydrogens (tertiary/aromatic N) is 1. The molecule has 0 radical (unpaired) electrons. The van der Waals surface area contributed by atoms with Gasteiger partial charge in [0.2, 0.25) is 5.91 Å². The number of hydrogen-bond acceptors (Lipinski definition) is 1. The quantitative estimate of drug-likeness (QED) is 0.456. The Labute approximate surface area is 74.9 Å². The standard InChI is InChI=1S/C10H19NO/c1-3-4-5-6-7-11-9(2)8-10(11)12/h9H,3-8H2,1-2H3/t9-/m0/s1. The van der Waals surface area contributed by atoms with E-state index in [1.807, 2.05) is 4.90 Å². The number of amides is 1. The summed E-state index contributed by atoms with van der Waals surface area (Å²) < 4.78 is 0. The minimum absolute atomic E-state index is 0.346. The highest BCUT2D eigenvalue weighted by Gasteiger charge is 2.30. The zero-order valence-corrected chi connectivity index (χ0v) is 8.18. The van der Waals surface area contributed by atoms with E-state index in [2.05, 4.69) is 13.8 Å². The van der Waals surface area contributed by atoms with Crippen molar-refractivity contribution in [3.8, 4) is 0 Å². The SMILES string of the molecule is CCCCCCN1C(=O)C[C@@H]1C. The summed E-state index contributed by atoms with van der Waals surface area (Å²) in [4.78, 5) is 13.0. The first kappa shape index (κ1) is 9.56. The first-order valence-electron chi connectivity index (χ1n) is 5.05. The zero-order valence-electron chi connectivity index (χ0n) is 8.18. The van der Waals surface area contributed by atoms with Gasteiger partial charge in [0.05, 0.1) is 0 Å². The van der Waals surface area contributed by atoms with Gasteiger partial charge in [-0.3, -0.25) is 4.79 Å². The Hall–Kier alpha value is -0.530. The van der Waals surface area contributed by atoms with Crippen molar-refractivity contribution < 1.29 is 4.79 Å². The molecule has 0 saturated carbocycles. The van der Waals surface area contributed by atoms with Gasteiger partial charge in [0, 0.05) is 19.0 Å². The van der Waals surface area contributed by atoms with Crippen LogP contribution in [-0.2, 0) is 4.79 Å². The second kappa shape index (κ2) is 4.48. The molecule has 1 aliphatic rings. The maximum atomic E-state index is 11.0. The van der Waals surface area contributed by atoms with Gasteiger partial charge in [0.25, 0.3) is 0 Å². The van der Waals surface area contributed by atoms with E-state index in [0.717, 1.165) is 13.0 Å². The van der Waals surface area contributed by atoms with E-state index in [-0.39, 0.29) is 0 Å². The van der Waals surface area contributed by atoms with Gasteiger partial charge in [0.15, 0.2) is 0 Å². The third kappa shape index (κ3) is 2.23. The summed E-state index contributed by atoms with van der Waals surface area (Å²) in [6, 6.07) is 0.513. The number of rotatable bonds is 5. The van der Waals surface area contributed by atoms with Crippen molar-refractivity contribution in [2.75, 3.05) is 6.54 Å². The molecule has 0 aromatic heterocycles. The van der Waals surface area contributed by atoms with Crippen molar-refractivity contribution in [1.29, 1.82) is 0 Å². The Balaban J connectivity index is 2.03. The number of likely N-dealkylation sites (tertiary alicyclic amines) is 1. The molecule has 0 aliphatic carbocycles. The molecule has 0 spiro atoms. The van der Waals surface area contributed by atoms with Crippen LogP contribution < -0.4 is 0 Å². The Morgan fingerprint density at radius 1 is 1.42 bits per heavy atom. The fraction of sp³-hybridized carbons (Fsp3) is 0.900. The van der Waals surface area contributed by atoms with E-state index in [4.69, 9.17) is 0 Å². The summed E-state index contributed by atoms with van der Waals surface area (Å²) >= 11 is 0. The third-order valence-corrected chi connectivity index (χ3v) is 2.58. The predicted octanol–water partition coefficient (Wildman–Crippen LogP) is 2.19. The molecule has 2 nitrogen and oxygen atoms in total. The molecule has 2 heteroatoms. The van der Waals surface area contributed by atoms with E-state index >= 15 is 0 Å². The zero-order chi connectivity index (χ0) is 8.97. The lowest BCUT2D eigenvalue weighted by molar-refractivity contribution is -0.144. The smallest absolute Gasteiger partial charge is 0.224 e. The number of β-lactam (4-membered cyclic amide) rings is 1. The maximum absolute atomic E-state index is 11.0. The van der Waals surface area contributed by atoms with Crippen molar-refractivity contribution in [3.05, 3.63) is 0 Å². The predicted molar refractivity (Wildman–Crippen MR) is 49.9 cm³/mol. The van der Waals surface area contributed by atoms with E-state index in [0.29, 0.717) is 11.9 Å². The Morgan fingerprint density at radius 3 is 2.67 bits per heavy atom. The molecule has 0 aromatic carbocycles. The molecule has 1 fully saturated rings. The van der Waals surface area contributed by atoms with Crippen LogP contribution in [0.15, 0.2) is 0 Å². The topological polar surface area (TPSA) is 20.3 Å². The van der Waals surface area contributed by atoms with Crippen molar-refractivity contribution in [3.63, 3.8) is 0 Å². The van der Waals surface area contributed by atoms with E-state index in [1.54, 1.807) is 0 Å². The van der Waals surface area contributed by atoms with Gasteiger partial charge in [-0.1, -0.05) is 26.2 Å². The van der Waals surface area contributed by atoms with Gasteiger partial charge in [0.1, 0.15) is 0 Å². The van der Waals surface area contributed by atoms with Gasteiger partial charge < -0.3 is 4.90 Å². The number of hydrogen-bond donors (Lipinski definition) is 0. The molecular formula is C10H19NO. The largest absolute Gasteiger partial charge is 0.339 e. The number of carbonyl (C=O) groups is 1. The summed E-state index contributed by atoms with van der Waals surface area (Å²) in [5, 5.41) is 0. The second-order valence-corrected chi connectivity index (χ2v) is 3.70. The first-order chi connectivity index (χ1) is 5.75. The monoisotopic (exact) mass is 169 g/mol. The van der Waals surface area contributed by atoms with E-state index in [1.165, 1.54) is 25.7 Å². The minimum atomic E-state index is 0.346. The summed E-state index contributed by atoms with van der Waals surface area (Å²) in [6.45, 7) is 5.32. The molecule has 0 bridgehead atoms. The van der Waals surface area contributed by atoms with Crippen LogP contribution in [0.2, 0.25) is 0 Å². The van der Waals surface area contributed by atoms with Gasteiger partial charge >= 0.3 is 0 Å². The highest BCUT2D eigenvalue weighted by Crippen LogP contribution is 2.18. The van der Waals surface area contributed by atoms with E-state index < -0.39 is 0 Å². The highest BCUT2D eigenvalue weighted by atomic mass is 16.2. The van der Waals surface area contributed by atoms with Crippen LogP contribution in [0.3, 0.4) is 0 Å². The number of carbonyl (C=O) groups excluding carboxylic acids is 1. The molecule has 1 atom stereocenters. The molecule has 1 rings (SSSR count). The van der Waals surface area contributed by atoms with Crippen LogP contribution >= 0.6 is 0 Å². The van der Waals surface area contributed by atoms with Gasteiger partial charge in [-0.2, -0.15) is 0 Å². The average Bonchev–Trinajstić information content (AvgIpc) is 2.04. The minimum Gasteiger partial charge on any atom is -0.339 e. The molecule has 0 N–H and O–H groups in total. The molecule has 12 heavy (non-hydrogen) atoms. The average molecular weight is 169 g/mol. The molecule has 0 aromatic rings. The highest BCUT2D eigenvalue weighted by molar-refractivity contribution is 5.82. The van der Waals surface area contributed by atoms with Crippen LogP contribution in [-0.4, -0.2) is 23.4 Å². The van der Waals surface area contributed by atoms with E-state index in [9.17, 15) is 4.79 Å². The molecule has 0 unspecified atom stereocenters. The summed E-state index contributed by atoms with van der Waals surface area (Å²) in [5.41, 5.74) is 0. The summed E-state index contributed by atoms with van der Waals surface area (Å²) in [5.74, 6) is 0.346. The van der Waals surface area contributed by atoms with Gasteiger partial charge in [-0.15, -0.1) is 0 Å². The van der Waals surface area contributed by atoms with Crippen LogP contribution in [0, 0.1) is 0 Å². The van der Waals surface area contributed by atoms with Crippen molar-refractivity contribution in [2.45, 2.75) is 52.0 Å². The lowest BCUT2D eigenvalue weighted by Crippen LogP contribution is -2.51. The van der Waals surface area contributed by atoms with Crippen molar-refractivity contribution in [2.24, 2.45) is 0 Å². The van der Waals surface area contributed by atoms with Crippen molar-refractivity contribution >= 4 is 5.91 Å². The lowest BCUT2D eigenvalue weighted by Gasteiger charge is -2.38. The fourth-order valence-electron chi connectivity index (χ4n) is 1.67. The lowest BCUT2D eigenvalue weighted by atomic mass is 10.0.